The van der Waals surface area contributed by atoms with Crippen LogP contribution in [0.4, 0.5) is 5.69 Å². The minimum Gasteiger partial charge on any atom is -0.480 e. The van der Waals surface area contributed by atoms with Gasteiger partial charge in [-0.15, -0.1) is 0 Å². The third kappa shape index (κ3) is 2.92. The normalized spacial score (nSPS) is 14.4. The Bertz CT molecular complexity index is 519. The standard InChI is InChI=1S/C15H21NO4/c1-5-15(12(17)18,13(19)20-14(2,3)4)10-8-6-7-9-11(10)16/h6-9H,5,16H2,1-4H3,(H,17,18). The van der Waals surface area contributed by atoms with Crippen LogP contribution >= 0.6 is 0 Å². The lowest BCUT2D eigenvalue weighted by molar-refractivity contribution is -0.170. The van der Waals surface area contributed by atoms with Crippen molar-refractivity contribution in [2.45, 2.75) is 45.1 Å². The summed E-state index contributed by atoms with van der Waals surface area (Å²) >= 11 is 0. The lowest BCUT2D eigenvalue weighted by atomic mass is 9.77. The molecule has 0 saturated heterocycles. The van der Waals surface area contributed by atoms with Gasteiger partial charge in [0.1, 0.15) is 5.60 Å². The molecule has 0 heterocycles. The first-order valence-corrected chi connectivity index (χ1v) is 6.47. The van der Waals surface area contributed by atoms with Gasteiger partial charge >= 0.3 is 11.9 Å². The van der Waals surface area contributed by atoms with Crippen molar-refractivity contribution in [1.29, 1.82) is 0 Å². The third-order valence-electron chi connectivity index (χ3n) is 3.06. The molecule has 1 unspecified atom stereocenters. The highest BCUT2D eigenvalue weighted by atomic mass is 16.6. The number of nitrogen functional groups attached to an aromatic ring is 1. The molecule has 0 amide bonds. The van der Waals surface area contributed by atoms with E-state index in [0.717, 1.165) is 0 Å². The number of carboxylic acid groups (broad SMARTS) is 1. The van der Waals surface area contributed by atoms with Crippen molar-refractivity contribution in [3.8, 4) is 0 Å². The van der Waals surface area contributed by atoms with Gasteiger partial charge in [-0.2, -0.15) is 0 Å². The minimum absolute atomic E-state index is 0.0610. The van der Waals surface area contributed by atoms with E-state index in [9.17, 15) is 14.7 Å². The van der Waals surface area contributed by atoms with Crippen molar-refractivity contribution in [2.24, 2.45) is 0 Å². The fourth-order valence-electron chi connectivity index (χ4n) is 2.05. The first kappa shape index (κ1) is 16.0. The van der Waals surface area contributed by atoms with E-state index in [2.05, 4.69) is 0 Å². The molecule has 1 atom stereocenters. The number of aliphatic carboxylic acids is 1. The zero-order valence-corrected chi connectivity index (χ0v) is 12.3. The van der Waals surface area contributed by atoms with Crippen molar-refractivity contribution in [2.75, 3.05) is 5.73 Å². The van der Waals surface area contributed by atoms with E-state index < -0.39 is 23.0 Å². The molecule has 5 nitrogen and oxygen atoms in total. The molecule has 1 aromatic carbocycles. The molecule has 0 radical (unpaired) electrons. The number of para-hydroxylation sites is 1. The summed E-state index contributed by atoms with van der Waals surface area (Å²) in [6.45, 7) is 6.72. The number of ether oxygens (including phenoxy) is 1. The highest BCUT2D eigenvalue weighted by molar-refractivity contribution is 6.06. The van der Waals surface area contributed by atoms with Crippen LogP contribution in [0.25, 0.3) is 0 Å². The molecular weight excluding hydrogens is 258 g/mol. The molecule has 0 aromatic heterocycles. The molecule has 20 heavy (non-hydrogen) atoms. The Kier molecular flexibility index (Phi) is 4.43. The van der Waals surface area contributed by atoms with Crippen molar-refractivity contribution >= 4 is 17.6 Å². The average molecular weight is 279 g/mol. The second kappa shape index (κ2) is 5.53. The summed E-state index contributed by atoms with van der Waals surface area (Å²) in [5.41, 5.74) is 3.84. The summed E-state index contributed by atoms with van der Waals surface area (Å²) in [6.07, 6.45) is 0.0610. The molecule has 0 saturated carbocycles. The van der Waals surface area contributed by atoms with E-state index in [1.165, 1.54) is 0 Å². The molecule has 0 fully saturated rings. The van der Waals surface area contributed by atoms with Crippen LogP contribution < -0.4 is 5.73 Å². The zero-order valence-electron chi connectivity index (χ0n) is 12.3. The molecule has 0 aliphatic rings. The summed E-state index contributed by atoms with van der Waals surface area (Å²) in [4.78, 5) is 24.2. The SMILES string of the molecule is CCC(C(=O)O)(C(=O)OC(C)(C)C)c1ccccc1N. The summed E-state index contributed by atoms with van der Waals surface area (Å²) < 4.78 is 5.29. The summed E-state index contributed by atoms with van der Waals surface area (Å²) in [5, 5.41) is 9.61. The van der Waals surface area contributed by atoms with Crippen molar-refractivity contribution in [1.82, 2.24) is 0 Å². The predicted octanol–water partition coefficient (Wildman–Crippen LogP) is 2.34. The Morgan fingerprint density at radius 1 is 1.25 bits per heavy atom. The number of hydrogen-bond donors (Lipinski definition) is 2. The Morgan fingerprint density at radius 2 is 1.80 bits per heavy atom. The van der Waals surface area contributed by atoms with Crippen molar-refractivity contribution in [3.05, 3.63) is 29.8 Å². The highest BCUT2D eigenvalue weighted by Gasteiger charge is 2.50. The summed E-state index contributed by atoms with van der Waals surface area (Å²) in [7, 11) is 0. The van der Waals surface area contributed by atoms with Crippen LogP contribution in [-0.2, 0) is 19.7 Å². The van der Waals surface area contributed by atoms with Gasteiger partial charge in [-0.25, -0.2) is 0 Å². The lowest BCUT2D eigenvalue weighted by Crippen LogP contribution is -2.47. The molecule has 0 spiro atoms. The second-order valence-corrected chi connectivity index (χ2v) is 5.65. The first-order valence-electron chi connectivity index (χ1n) is 6.47. The van der Waals surface area contributed by atoms with Crippen LogP contribution in [0.3, 0.4) is 0 Å². The smallest absolute Gasteiger partial charge is 0.328 e. The van der Waals surface area contributed by atoms with E-state index in [4.69, 9.17) is 10.5 Å². The molecule has 1 rings (SSSR count). The van der Waals surface area contributed by atoms with Gasteiger partial charge in [0.05, 0.1) is 0 Å². The monoisotopic (exact) mass is 279 g/mol. The Balaban J connectivity index is 3.42. The van der Waals surface area contributed by atoms with Crippen LogP contribution in [0.15, 0.2) is 24.3 Å². The molecule has 5 heteroatoms. The molecule has 0 bridgehead atoms. The number of hydrogen-bond acceptors (Lipinski definition) is 4. The van der Waals surface area contributed by atoms with Gasteiger partial charge in [0.15, 0.2) is 5.41 Å². The highest BCUT2D eigenvalue weighted by Crippen LogP contribution is 2.35. The van der Waals surface area contributed by atoms with Crippen LogP contribution in [0, 0.1) is 0 Å². The quantitative estimate of drug-likeness (QED) is 0.501. The lowest BCUT2D eigenvalue weighted by Gasteiger charge is -2.31. The largest absolute Gasteiger partial charge is 0.480 e. The van der Waals surface area contributed by atoms with Gasteiger partial charge < -0.3 is 15.6 Å². The van der Waals surface area contributed by atoms with Gasteiger partial charge in [-0.05, 0) is 33.3 Å². The van der Waals surface area contributed by atoms with Crippen molar-refractivity contribution < 1.29 is 19.4 Å². The number of benzene rings is 1. The van der Waals surface area contributed by atoms with Gasteiger partial charge in [-0.3, -0.25) is 9.59 Å². The molecule has 110 valence electrons. The molecule has 0 aliphatic carbocycles. The fraction of sp³-hybridized carbons (Fsp3) is 0.467. The number of esters is 1. The van der Waals surface area contributed by atoms with Crippen LogP contribution in [0.5, 0.6) is 0 Å². The first-order chi connectivity index (χ1) is 9.15. The van der Waals surface area contributed by atoms with E-state index in [1.54, 1.807) is 52.0 Å². The van der Waals surface area contributed by atoms with Gasteiger partial charge in [0.2, 0.25) is 0 Å². The number of anilines is 1. The number of carboxylic acids is 1. The van der Waals surface area contributed by atoms with E-state index in [-0.39, 0.29) is 17.7 Å². The van der Waals surface area contributed by atoms with E-state index in [1.807, 2.05) is 0 Å². The topological polar surface area (TPSA) is 89.6 Å². The maximum atomic E-state index is 12.4. The fourth-order valence-corrected chi connectivity index (χ4v) is 2.05. The Morgan fingerprint density at radius 3 is 2.20 bits per heavy atom. The maximum absolute atomic E-state index is 12.4. The Labute approximate surface area is 118 Å². The van der Waals surface area contributed by atoms with Gasteiger partial charge in [0, 0.05) is 11.3 Å². The number of rotatable bonds is 4. The molecular formula is C15H21NO4. The van der Waals surface area contributed by atoms with Crippen molar-refractivity contribution in [3.63, 3.8) is 0 Å². The maximum Gasteiger partial charge on any atom is 0.328 e. The second-order valence-electron chi connectivity index (χ2n) is 5.65. The van der Waals surface area contributed by atoms with Gasteiger partial charge in [-0.1, -0.05) is 25.1 Å². The molecule has 0 aliphatic heterocycles. The summed E-state index contributed by atoms with van der Waals surface area (Å²) in [5.74, 6) is -2.05. The third-order valence-corrected chi connectivity index (χ3v) is 3.06. The number of carbonyl (C=O) groups excluding carboxylic acids is 1. The summed E-state index contributed by atoms with van der Waals surface area (Å²) in [6, 6.07) is 6.48. The minimum atomic E-state index is -1.78. The predicted molar refractivity (Wildman–Crippen MR) is 76.3 cm³/mol. The van der Waals surface area contributed by atoms with Crippen LogP contribution in [0.2, 0.25) is 0 Å². The molecule has 3 N–H and O–H groups in total. The Hall–Kier alpha value is -2.04. The van der Waals surface area contributed by atoms with E-state index >= 15 is 0 Å². The number of nitrogens with two attached hydrogens (primary N) is 1. The zero-order chi connectivity index (χ0) is 15.6. The van der Waals surface area contributed by atoms with Crippen LogP contribution in [0.1, 0.15) is 39.7 Å². The average Bonchev–Trinajstić information content (AvgIpc) is 2.30. The van der Waals surface area contributed by atoms with Gasteiger partial charge in [0.25, 0.3) is 0 Å². The van der Waals surface area contributed by atoms with Crippen LogP contribution in [-0.4, -0.2) is 22.6 Å². The van der Waals surface area contributed by atoms with E-state index in [0.29, 0.717) is 0 Å². The number of carbonyl (C=O) groups is 2. The molecule has 1 aromatic rings.